The Kier molecular flexibility index (Phi) is 4.05. The number of amides is 1. The molecule has 0 unspecified atom stereocenters. The van der Waals surface area contributed by atoms with Crippen molar-refractivity contribution in [3.8, 4) is 11.1 Å². The van der Waals surface area contributed by atoms with E-state index in [4.69, 9.17) is 0 Å². The van der Waals surface area contributed by atoms with Crippen LogP contribution in [-0.2, 0) is 4.79 Å². The van der Waals surface area contributed by atoms with E-state index in [9.17, 15) is 4.79 Å². The van der Waals surface area contributed by atoms with E-state index in [1.54, 1.807) is 19.3 Å². The van der Waals surface area contributed by atoms with Crippen molar-refractivity contribution < 1.29 is 4.79 Å². The molecular weight excluding hydrogens is 316 g/mol. The summed E-state index contributed by atoms with van der Waals surface area (Å²) in [4.78, 5) is 21.5. The summed E-state index contributed by atoms with van der Waals surface area (Å²) in [6.45, 7) is 3.34. The minimum Gasteiger partial charge on any atom is -0.369 e. The largest absolute Gasteiger partial charge is 0.369 e. The zero-order chi connectivity index (χ0) is 17.2. The maximum Gasteiger partial charge on any atom is 0.217 e. The highest BCUT2D eigenvalue weighted by Crippen LogP contribution is 2.35. The second kappa shape index (κ2) is 6.51. The maximum absolute atomic E-state index is 11.4. The Hall–Kier alpha value is -2.96. The lowest BCUT2D eigenvalue weighted by atomic mass is 10.0. The summed E-state index contributed by atoms with van der Waals surface area (Å²) in [6, 6.07) is 4.17. The van der Waals surface area contributed by atoms with E-state index in [-0.39, 0.29) is 11.9 Å². The van der Waals surface area contributed by atoms with Gasteiger partial charge in [0.1, 0.15) is 5.65 Å². The van der Waals surface area contributed by atoms with E-state index in [0.29, 0.717) is 0 Å². The Morgan fingerprint density at radius 1 is 1.32 bits per heavy atom. The summed E-state index contributed by atoms with van der Waals surface area (Å²) >= 11 is 0. The van der Waals surface area contributed by atoms with Crippen molar-refractivity contribution in [1.82, 2.24) is 25.5 Å². The first-order valence-electron chi connectivity index (χ1n) is 8.47. The Morgan fingerprint density at radius 3 is 3.04 bits per heavy atom. The molecule has 1 atom stereocenters. The highest BCUT2D eigenvalue weighted by molar-refractivity contribution is 6.02. The van der Waals surface area contributed by atoms with Crippen molar-refractivity contribution in [2.24, 2.45) is 0 Å². The number of hydrogen-bond acceptors (Lipinski definition) is 5. The first-order chi connectivity index (χ1) is 12.2. The number of rotatable bonds is 3. The summed E-state index contributed by atoms with van der Waals surface area (Å²) in [5.41, 5.74) is 4.06. The van der Waals surface area contributed by atoms with Gasteiger partial charge in [-0.3, -0.25) is 4.79 Å². The molecule has 0 bridgehead atoms. The number of aromatic amines is 1. The Balaban J connectivity index is 1.74. The average Bonchev–Trinajstić information content (AvgIpc) is 3.06. The standard InChI is InChI=1S/C18H20N6O/c1-12(25)23-14-3-2-8-24(11-14)16-5-6-19-18-17(16)15(10-20-18)13-4-7-21-22-9-13/h4-7,9-10,14H,2-3,8,11H2,1H3,(H,19,20)(H,23,25)/t14-/m1/s1. The number of H-pyrrole nitrogens is 1. The van der Waals surface area contributed by atoms with Gasteiger partial charge in [-0.15, -0.1) is 0 Å². The number of carbonyl (C=O) groups excluding carboxylic acids is 1. The predicted molar refractivity (Wildman–Crippen MR) is 96.2 cm³/mol. The fourth-order valence-electron chi connectivity index (χ4n) is 3.58. The molecule has 3 aromatic rings. The molecule has 4 heterocycles. The molecule has 1 aliphatic heterocycles. The highest BCUT2D eigenvalue weighted by atomic mass is 16.1. The van der Waals surface area contributed by atoms with Crippen LogP contribution in [0.3, 0.4) is 0 Å². The van der Waals surface area contributed by atoms with Gasteiger partial charge in [-0.2, -0.15) is 10.2 Å². The van der Waals surface area contributed by atoms with E-state index < -0.39 is 0 Å². The third-order valence-electron chi connectivity index (χ3n) is 4.62. The van der Waals surface area contributed by atoms with Crippen molar-refractivity contribution in [2.45, 2.75) is 25.8 Å². The van der Waals surface area contributed by atoms with Crippen LogP contribution in [0.15, 0.2) is 36.9 Å². The van der Waals surface area contributed by atoms with Crippen LogP contribution in [-0.4, -0.2) is 45.2 Å². The van der Waals surface area contributed by atoms with Crippen LogP contribution < -0.4 is 10.2 Å². The van der Waals surface area contributed by atoms with Gasteiger partial charge in [0.05, 0.1) is 12.4 Å². The van der Waals surface area contributed by atoms with Gasteiger partial charge in [-0.1, -0.05) is 0 Å². The SMILES string of the molecule is CC(=O)N[C@@H]1CCCN(c2ccnc3[nH]cc(-c4ccnnc4)c23)C1. The van der Waals surface area contributed by atoms with Gasteiger partial charge in [0.25, 0.3) is 0 Å². The fourth-order valence-corrected chi connectivity index (χ4v) is 3.58. The number of carbonyl (C=O) groups is 1. The lowest BCUT2D eigenvalue weighted by Crippen LogP contribution is -2.47. The Morgan fingerprint density at radius 2 is 2.24 bits per heavy atom. The van der Waals surface area contributed by atoms with E-state index in [1.807, 2.05) is 24.5 Å². The molecule has 7 heteroatoms. The minimum atomic E-state index is 0.0249. The van der Waals surface area contributed by atoms with E-state index in [0.717, 1.165) is 53.8 Å². The summed E-state index contributed by atoms with van der Waals surface area (Å²) in [7, 11) is 0. The molecule has 0 spiro atoms. The molecule has 1 fully saturated rings. The quantitative estimate of drug-likeness (QED) is 0.765. The Labute approximate surface area is 145 Å². The lowest BCUT2D eigenvalue weighted by Gasteiger charge is -2.35. The number of anilines is 1. The molecule has 1 aliphatic rings. The molecule has 0 aliphatic carbocycles. The number of nitrogens with one attached hydrogen (secondary N) is 2. The molecule has 25 heavy (non-hydrogen) atoms. The van der Waals surface area contributed by atoms with E-state index >= 15 is 0 Å². The molecule has 4 rings (SSSR count). The molecule has 3 aromatic heterocycles. The second-order valence-electron chi connectivity index (χ2n) is 6.37. The highest BCUT2D eigenvalue weighted by Gasteiger charge is 2.23. The zero-order valence-electron chi connectivity index (χ0n) is 14.1. The van der Waals surface area contributed by atoms with Crippen molar-refractivity contribution in [2.75, 3.05) is 18.0 Å². The van der Waals surface area contributed by atoms with Gasteiger partial charge in [-0.05, 0) is 25.0 Å². The number of pyridine rings is 1. The van der Waals surface area contributed by atoms with Crippen LogP contribution in [0.5, 0.6) is 0 Å². The van der Waals surface area contributed by atoms with E-state index in [2.05, 4.69) is 30.4 Å². The Bertz CT molecular complexity index is 891. The van der Waals surface area contributed by atoms with Crippen LogP contribution in [0.25, 0.3) is 22.2 Å². The normalized spacial score (nSPS) is 17.6. The summed E-state index contributed by atoms with van der Waals surface area (Å²) in [5.74, 6) is 0.0249. The molecular formula is C18H20N6O. The number of piperidine rings is 1. The topological polar surface area (TPSA) is 86.8 Å². The van der Waals surface area contributed by atoms with Gasteiger partial charge >= 0.3 is 0 Å². The van der Waals surface area contributed by atoms with Crippen molar-refractivity contribution in [1.29, 1.82) is 0 Å². The van der Waals surface area contributed by atoms with Crippen LogP contribution >= 0.6 is 0 Å². The molecule has 0 aromatic carbocycles. The molecule has 1 amide bonds. The average molecular weight is 336 g/mol. The number of hydrogen-bond donors (Lipinski definition) is 2. The molecule has 0 radical (unpaired) electrons. The van der Waals surface area contributed by atoms with Crippen molar-refractivity contribution in [3.63, 3.8) is 0 Å². The fraction of sp³-hybridized carbons (Fsp3) is 0.333. The first kappa shape index (κ1) is 15.6. The van der Waals surface area contributed by atoms with Crippen LogP contribution in [0.2, 0.25) is 0 Å². The summed E-state index contributed by atoms with van der Waals surface area (Å²) in [6.07, 6.45) is 9.30. The van der Waals surface area contributed by atoms with Gasteiger partial charge < -0.3 is 15.2 Å². The zero-order valence-corrected chi connectivity index (χ0v) is 14.1. The third-order valence-corrected chi connectivity index (χ3v) is 4.62. The van der Waals surface area contributed by atoms with Crippen LogP contribution in [0, 0.1) is 0 Å². The van der Waals surface area contributed by atoms with Gasteiger partial charge in [-0.25, -0.2) is 4.98 Å². The molecule has 7 nitrogen and oxygen atoms in total. The second-order valence-corrected chi connectivity index (χ2v) is 6.37. The number of fused-ring (bicyclic) bond motifs is 1. The molecule has 0 saturated carbocycles. The van der Waals surface area contributed by atoms with Gasteiger partial charge in [0.15, 0.2) is 0 Å². The summed E-state index contributed by atoms with van der Waals surface area (Å²) in [5, 5.41) is 12.0. The molecule has 1 saturated heterocycles. The molecule has 2 N–H and O–H groups in total. The third kappa shape index (κ3) is 3.05. The molecule has 128 valence electrons. The first-order valence-corrected chi connectivity index (χ1v) is 8.47. The lowest BCUT2D eigenvalue weighted by molar-refractivity contribution is -0.119. The van der Waals surface area contributed by atoms with Crippen molar-refractivity contribution >= 4 is 22.6 Å². The number of aromatic nitrogens is 4. The van der Waals surface area contributed by atoms with Gasteiger partial charge in [0.2, 0.25) is 5.91 Å². The monoisotopic (exact) mass is 336 g/mol. The van der Waals surface area contributed by atoms with Crippen LogP contribution in [0.1, 0.15) is 19.8 Å². The van der Waals surface area contributed by atoms with Crippen LogP contribution in [0.4, 0.5) is 5.69 Å². The summed E-state index contributed by atoms with van der Waals surface area (Å²) < 4.78 is 0. The van der Waals surface area contributed by atoms with Gasteiger partial charge in [0, 0.05) is 60.6 Å². The predicted octanol–water partition coefficient (Wildman–Crippen LogP) is 2.12. The van der Waals surface area contributed by atoms with Crippen molar-refractivity contribution in [3.05, 3.63) is 36.9 Å². The minimum absolute atomic E-state index is 0.0249. The maximum atomic E-state index is 11.4. The smallest absolute Gasteiger partial charge is 0.217 e. The number of nitrogens with zero attached hydrogens (tertiary/aromatic N) is 4. The van der Waals surface area contributed by atoms with E-state index in [1.165, 1.54) is 0 Å².